The van der Waals surface area contributed by atoms with E-state index in [0.717, 1.165) is 28.9 Å². The monoisotopic (exact) mass is 430 g/mol. The minimum Gasteiger partial charge on any atom is -0.497 e. The predicted molar refractivity (Wildman–Crippen MR) is 126 cm³/mol. The lowest BCUT2D eigenvalue weighted by molar-refractivity contribution is -0.141. The van der Waals surface area contributed by atoms with Gasteiger partial charge in [-0.1, -0.05) is 79.7 Å². The van der Waals surface area contributed by atoms with Gasteiger partial charge in [0, 0.05) is 19.5 Å². The number of carbonyl (C=O) groups excluding carboxylic acids is 2. The first-order valence-corrected chi connectivity index (χ1v) is 10.9. The van der Waals surface area contributed by atoms with Crippen molar-refractivity contribution < 1.29 is 14.3 Å². The van der Waals surface area contributed by atoms with Gasteiger partial charge < -0.3 is 15.0 Å². The highest BCUT2D eigenvalue weighted by atomic mass is 16.5. The number of carbonyl (C=O) groups is 2. The summed E-state index contributed by atoms with van der Waals surface area (Å²) >= 11 is 0. The maximum absolute atomic E-state index is 13.4. The van der Waals surface area contributed by atoms with E-state index in [1.54, 1.807) is 12.0 Å². The third-order valence-corrected chi connectivity index (χ3v) is 5.37. The molecule has 0 saturated carbocycles. The average molecular weight is 431 g/mol. The van der Waals surface area contributed by atoms with Gasteiger partial charge in [-0.25, -0.2) is 0 Å². The van der Waals surface area contributed by atoms with Crippen molar-refractivity contribution in [3.63, 3.8) is 0 Å². The molecule has 0 aliphatic rings. The molecule has 5 heteroatoms. The summed E-state index contributed by atoms with van der Waals surface area (Å²) in [4.78, 5) is 28.0. The minimum atomic E-state index is -0.707. The second-order valence-corrected chi connectivity index (χ2v) is 7.56. The van der Waals surface area contributed by atoms with Crippen molar-refractivity contribution in [3.8, 4) is 5.75 Å². The van der Waals surface area contributed by atoms with Gasteiger partial charge in [0.2, 0.25) is 11.8 Å². The van der Waals surface area contributed by atoms with Crippen molar-refractivity contribution in [1.82, 2.24) is 10.2 Å². The van der Waals surface area contributed by atoms with Gasteiger partial charge in [-0.2, -0.15) is 0 Å². The van der Waals surface area contributed by atoms with Crippen molar-refractivity contribution >= 4 is 11.8 Å². The first-order chi connectivity index (χ1) is 15.6. The van der Waals surface area contributed by atoms with Crippen LogP contribution < -0.4 is 10.1 Å². The molecule has 1 atom stereocenters. The zero-order chi connectivity index (χ0) is 22.8. The van der Waals surface area contributed by atoms with Gasteiger partial charge in [0.25, 0.3) is 0 Å². The van der Waals surface area contributed by atoms with E-state index < -0.39 is 6.04 Å². The van der Waals surface area contributed by atoms with Gasteiger partial charge in [-0.3, -0.25) is 9.59 Å². The highest BCUT2D eigenvalue weighted by molar-refractivity contribution is 5.88. The zero-order valence-electron chi connectivity index (χ0n) is 18.7. The number of methoxy groups -OCH3 is 1. The van der Waals surface area contributed by atoms with Gasteiger partial charge >= 0.3 is 0 Å². The van der Waals surface area contributed by atoms with Crippen LogP contribution in [0, 0.1) is 0 Å². The summed E-state index contributed by atoms with van der Waals surface area (Å²) in [5.74, 6) is 0.496. The molecule has 3 aromatic rings. The lowest BCUT2D eigenvalue weighted by atomic mass is 10.0. The Kier molecular flexibility index (Phi) is 8.44. The molecule has 3 aromatic carbocycles. The van der Waals surface area contributed by atoms with E-state index in [1.165, 1.54) is 0 Å². The van der Waals surface area contributed by atoms with Crippen molar-refractivity contribution in [3.05, 3.63) is 102 Å². The minimum absolute atomic E-state index is 0.0760. The first-order valence-electron chi connectivity index (χ1n) is 10.9. The molecular formula is C27H30N2O3. The lowest BCUT2D eigenvalue weighted by Gasteiger charge is -2.31. The first kappa shape index (κ1) is 23.1. The van der Waals surface area contributed by atoms with E-state index in [0.29, 0.717) is 19.5 Å². The Hall–Kier alpha value is -3.60. The Bertz CT molecular complexity index is 988. The van der Waals surface area contributed by atoms with Crippen LogP contribution in [0.2, 0.25) is 0 Å². The molecule has 0 radical (unpaired) electrons. The second kappa shape index (κ2) is 11.7. The van der Waals surface area contributed by atoms with E-state index in [4.69, 9.17) is 4.74 Å². The van der Waals surface area contributed by atoms with Crippen LogP contribution in [0.25, 0.3) is 0 Å². The van der Waals surface area contributed by atoms with E-state index in [-0.39, 0.29) is 11.8 Å². The molecule has 32 heavy (non-hydrogen) atoms. The van der Waals surface area contributed by atoms with Crippen molar-refractivity contribution in [2.75, 3.05) is 13.7 Å². The number of ether oxygens (including phenoxy) is 1. The molecule has 3 rings (SSSR count). The van der Waals surface area contributed by atoms with Crippen molar-refractivity contribution in [2.45, 2.75) is 32.4 Å². The van der Waals surface area contributed by atoms with Crippen LogP contribution in [-0.2, 0) is 22.6 Å². The largest absolute Gasteiger partial charge is 0.497 e. The summed E-state index contributed by atoms with van der Waals surface area (Å²) < 4.78 is 5.23. The van der Waals surface area contributed by atoms with Gasteiger partial charge in [0.1, 0.15) is 11.8 Å². The molecule has 0 bridgehead atoms. The van der Waals surface area contributed by atoms with Gasteiger partial charge in [0.15, 0.2) is 0 Å². The number of nitrogens with one attached hydrogen (secondary N) is 1. The van der Waals surface area contributed by atoms with E-state index in [1.807, 2.05) is 91.9 Å². The van der Waals surface area contributed by atoms with Crippen LogP contribution in [0.15, 0.2) is 84.9 Å². The molecule has 0 heterocycles. The molecule has 2 amide bonds. The second-order valence-electron chi connectivity index (χ2n) is 7.56. The fourth-order valence-electron chi connectivity index (χ4n) is 3.63. The fourth-order valence-corrected chi connectivity index (χ4v) is 3.63. The van der Waals surface area contributed by atoms with Crippen LogP contribution in [0.1, 0.15) is 36.1 Å². The van der Waals surface area contributed by atoms with Crippen molar-refractivity contribution in [1.29, 1.82) is 0 Å². The maximum atomic E-state index is 13.4. The van der Waals surface area contributed by atoms with Crippen LogP contribution in [0.5, 0.6) is 5.75 Å². The molecular weight excluding hydrogens is 400 g/mol. The Morgan fingerprint density at radius 2 is 1.50 bits per heavy atom. The SMILES string of the molecule is CCC(=O)N(Cc1ccc(OC)cc1)[C@@H](C(=O)NCCc1ccccc1)c1ccccc1. The molecule has 0 aliphatic carbocycles. The highest BCUT2D eigenvalue weighted by Gasteiger charge is 2.30. The summed E-state index contributed by atoms with van der Waals surface area (Å²) in [5.41, 5.74) is 2.88. The molecule has 0 unspecified atom stereocenters. The van der Waals surface area contributed by atoms with E-state index in [9.17, 15) is 9.59 Å². The summed E-state index contributed by atoms with van der Waals surface area (Å²) in [6, 6.07) is 26.4. The number of benzene rings is 3. The van der Waals surface area contributed by atoms with Crippen LogP contribution in [0.4, 0.5) is 0 Å². The fraction of sp³-hybridized carbons (Fsp3) is 0.259. The molecule has 1 N–H and O–H groups in total. The Morgan fingerprint density at radius 3 is 2.09 bits per heavy atom. The quantitative estimate of drug-likeness (QED) is 0.514. The van der Waals surface area contributed by atoms with E-state index >= 15 is 0 Å². The lowest BCUT2D eigenvalue weighted by Crippen LogP contribution is -2.43. The topological polar surface area (TPSA) is 58.6 Å². The number of nitrogens with zero attached hydrogens (tertiary/aromatic N) is 1. The molecule has 0 spiro atoms. The average Bonchev–Trinajstić information content (AvgIpc) is 2.85. The number of amides is 2. The van der Waals surface area contributed by atoms with Gasteiger partial charge in [0.05, 0.1) is 7.11 Å². The van der Waals surface area contributed by atoms with Crippen LogP contribution in [0.3, 0.4) is 0 Å². The molecule has 0 fully saturated rings. The zero-order valence-corrected chi connectivity index (χ0v) is 18.7. The summed E-state index contributed by atoms with van der Waals surface area (Å²) in [6.45, 7) is 2.66. The van der Waals surface area contributed by atoms with Crippen LogP contribution >= 0.6 is 0 Å². The van der Waals surface area contributed by atoms with Crippen LogP contribution in [-0.4, -0.2) is 30.4 Å². The van der Waals surface area contributed by atoms with E-state index in [2.05, 4.69) is 5.32 Å². The number of hydrogen-bond acceptors (Lipinski definition) is 3. The predicted octanol–water partition coefficient (Wildman–Crippen LogP) is 4.53. The summed E-state index contributed by atoms with van der Waals surface area (Å²) in [5, 5.41) is 3.04. The molecule has 5 nitrogen and oxygen atoms in total. The van der Waals surface area contributed by atoms with Gasteiger partial charge in [-0.15, -0.1) is 0 Å². The maximum Gasteiger partial charge on any atom is 0.247 e. The third-order valence-electron chi connectivity index (χ3n) is 5.37. The highest BCUT2D eigenvalue weighted by Crippen LogP contribution is 2.25. The molecule has 166 valence electrons. The number of rotatable bonds is 10. The smallest absolute Gasteiger partial charge is 0.247 e. The Balaban J connectivity index is 1.82. The molecule has 0 aliphatic heterocycles. The molecule has 0 saturated heterocycles. The van der Waals surface area contributed by atoms with Crippen molar-refractivity contribution in [2.24, 2.45) is 0 Å². The Morgan fingerprint density at radius 1 is 0.875 bits per heavy atom. The normalized spacial score (nSPS) is 11.4. The molecule has 0 aromatic heterocycles. The third kappa shape index (κ3) is 6.20. The standard InChI is InChI=1S/C27H30N2O3/c1-3-25(30)29(20-22-14-16-24(32-2)17-15-22)26(23-12-8-5-9-13-23)27(31)28-19-18-21-10-6-4-7-11-21/h4-17,26H,3,18-20H2,1-2H3,(H,28,31)/t26-/m1/s1. The summed E-state index contributed by atoms with van der Waals surface area (Å²) in [7, 11) is 1.62. The number of hydrogen-bond donors (Lipinski definition) is 1. The van der Waals surface area contributed by atoms with Gasteiger partial charge in [-0.05, 0) is 35.2 Å². The summed E-state index contributed by atoms with van der Waals surface area (Å²) in [6.07, 6.45) is 1.05. The Labute approximate surface area is 190 Å².